The summed E-state index contributed by atoms with van der Waals surface area (Å²) in [7, 11) is 0. The van der Waals surface area contributed by atoms with Gasteiger partial charge in [0.1, 0.15) is 0 Å². The van der Waals surface area contributed by atoms with E-state index in [9.17, 15) is 6.85 Å². The number of rotatable bonds is 5. The Hall–Kier alpha value is -7.62. The molecule has 0 saturated carbocycles. The topological polar surface area (TPSA) is 14.8 Å². The largest absolute Gasteiger partial charge is 0.309 e. The molecular weight excluding hydrogens is 691 g/mol. The molecule has 3 nitrogen and oxygen atoms in total. The van der Waals surface area contributed by atoms with Crippen LogP contribution in [0.5, 0.6) is 0 Å². The first kappa shape index (κ1) is 25.5. The van der Waals surface area contributed by atoms with Crippen LogP contribution in [0.2, 0.25) is 0 Å². The van der Waals surface area contributed by atoms with Crippen molar-refractivity contribution in [1.82, 2.24) is 13.7 Å². The second kappa shape index (κ2) is 12.5. The van der Waals surface area contributed by atoms with Gasteiger partial charge in [0.15, 0.2) is 0 Å². The van der Waals surface area contributed by atoms with Crippen LogP contribution < -0.4 is 0 Å². The van der Waals surface area contributed by atoms with Gasteiger partial charge in [-0.25, -0.2) is 0 Å². The number of fused-ring (bicyclic) bond motifs is 9. The molecule has 12 rings (SSSR count). The number of aromatic nitrogens is 3. The van der Waals surface area contributed by atoms with Crippen molar-refractivity contribution < 1.29 is 9.60 Å². The first-order valence-electron chi connectivity index (χ1n) is 22.5. The molecule has 0 spiro atoms. The van der Waals surface area contributed by atoms with Gasteiger partial charge in [-0.05, 0) is 107 Å². The van der Waals surface area contributed by atoms with Crippen LogP contribution in [0.15, 0.2) is 212 Å². The predicted molar refractivity (Wildman–Crippen MR) is 240 cm³/mol. The van der Waals surface area contributed by atoms with Gasteiger partial charge in [0.05, 0.1) is 42.7 Å². The molecular formula is C54H35N3. The van der Waals surface area contributed by atoms with Crippen LogP contribution in [0.3, 0.4) is 0 Å². The molecule has 0 aliphatic rings. The van der Waals surface area contributed by atoms with Gasteiger partial charge in [0.25, 0.3) is 0 Å². The summed E-state index contributed by atoms with van der Waals surface area (Å²) in [6.07, 6.45) is 0. The van der Waals surface area contributed by atoms with Crippen LogP contribution >= 0.6 is 0 Å². The molecule has 0 fully saturated rings. The molecule has 266 valence electrons. The number of para-hydroxylation sites is 4. The van der Waals surface area contributed by atoms with Crippen LogP contribution in [0, 0.1) is 0 Å². The van der Waals surface area contributed by atoms with Crippen molar-refractivity contribution in [2.45, 2.75) is 0 Å². The minimum absolute atomic E-state index is 0.0785. The minimum atomic E-state index is -0.425. The first-order chi connectivity index (χ1) is 31.2. The van der Waals surface area contributed by atoms with Crippen molar-refractivity contribution >= 4 is 65.4 Å². The second-order valence-corrected chi connectivity index (χ2v) is 14.4. The molecule has 0 radical (unpaired) electrons. The molecule has 0 bridgehead atoms. The van der Waals surface area contributed by atoms with E-state index in [1.54, 1.807) is 4.57 Å². The minimum Gasteiger partial charge on any atom is -0.309 e. The fraction of sp³-hybridized carbons (Fsp3) is 0. The molecule has 0 unspecified atom stereocenters. The molecule has 0 aliphatic heterocycles. The molecule has 3 aromatic heterocycles. The molecule has 57 heavy (non-hydrogen) atoms. The predicted octanol–water partition coefficient (Wildman–Crippen LogP) is 14.3. The van der Waals surface area contributed by atoms with Gasteiger partial charge in [-0.1, -0.05) is 127 Å². The van der Waals surface area contributed by atoms with E-state index in [0.717, 1.165) is 66.1 Å². The van der Waals surface area contributed by atoms with Gasteiger partial charge in [-0.15, -0.1) is 0 Å². The first-order valence-corrected chi connectivity index (χ1v) is 19.0. The van der Waals surface area contributed by atoms with E-state index in [1.165, 1.54) is 0 Å². The Bertz CT molecular complexity index is 3920. The van der Waals surface area contributed by atoms with Gasteiger partial charge < -0.3 is 13.7 Å². The van der Waals surface area contributed by atoms with Crippen molar-refractivity contribution in [1.29, 1.82) is 0 Å². The molecule has 0 N–H and O–H groups in total. The van der Waals surface area contributed by atoms with Crippen molar-refractivity contribution in [3.63, 3.8) is 0 Å². The lowest BCUT2D eigenvalue weighted by molar-refractivity contribution is 1.17. The number of hydrogen-bond acceptors (Lipinski definition) is 0. The summed E-state index contributed by atoms with van der Waals surface area (Å²) in [4.78, 5) is 0. The summed E-state index contributed by atoms with van der Waals surface area (Å²) in [5.41, 5.74) is 9.73. The number of nitrogens with zero attached hydrogens (tertiary/aromatic N) is 3. The van der Waals surface area contributed by atoms with E-state index in [4.69, 9.17) is 2.74 Å². The van der Waals surface area contributed by atoms with Gasteiger partial charge in [0, 0.05) is 49.4 Å². The molecule has 12 aromatic rings. The third-order valence-electron chi connectivity index (χ3n) is 11.3. The van der Waals surface area contributed by atoms with Crippen LogP contribution in [0.25, 0.3) is 105 Å². The highest BCUT2D eigenvalue weighted by atomic mass is 15.0. The van der Waals surface area contributed by atoms with E-state index < -0.39 is 12.1 Å². The normalized spacial score (nSPS) is 13.6. The van der Waals surface area contributed by atoms with Gasteiger partial charge in [-0.2, -0.15) is 0 Å². The maximum atomic E-state index is 9.94. The Morgan fingerprint density at radius 1 is 0.281 bits per heavy atom. The van der Waals surface area contributed by atoms with E-state index in [1.807, 2.05) is 97.1 Å². The summed E-state index contributed by atoms with van der Waals surface area (Å²) in [6.45, 7) is 0. The zero-order valence-corrected chi connectivity index (χ0v) is 30.5. The van der Waals surface area contributed by atoms with Crippen molar-refractivity contribution in [2.75, 3.05) is 0 Å². The van der Waals surface area contributed by atoms with E-state index in [2.05, 4.69) is 81.9 Å². The second-order valence-electron chi connectivity index (χ2n) is 14.4. The Morgan fingerprint density at radius 2 is 0.825 bits per heavy atom. The van der Waals surface area contributed by atoms with Crippen molar-refractivity contribution in [2.24, 2.45) is 0 Å². The third-order valence-corrected chi connectivity index (χ3v) is 11.3. The Morgan fingerprint density at radius 3 is 1.61 bits per heavy atom. The highest BCUT2D eigenvalue weighted by Gasteiger charge is 2.18. The summed E-state index contributed by atoms with van der Waals surface area (Å²) in [5.74, 6) is 0. The summed E-state index contributed by atoms with van der Waals surface area (Å²) in [6, 6.07) is 55.0. The van der Waals surface area contributed by atoms with Crippen LogP contribution in [0.1, 0.15) is 9.60 Å². The Kier molecular flexibility index (Phi) is 5.56. The lowest BCUT2D eigenvalue weighted by atomic mass is 10.0. The quantitative estimate of drug-likeness (QED) is 0.167. The fourth-order valence-corrected chi connectivity index (χ4v) is 8.73. The number of hydrogen-bond donors (Lipinski definition) is 0. The SMILES string of the molecule is [2H]c1c([2H])c([2H])c2c(c1[2H])c1c([2H])c(-c3ccc4c(c3)c3ccccc3n4-c3cccc(-c4ccccc4)c3)c([2H])c([2H])c1n2-c1ccc2c(c1)c1ccccc1n2-c1ccccc1. The lowest BCUT2D eigenvalue weighted by Crippen LogP contribution is -1.95. The summed E-state index contributed by atoms with van der Waals surface area (Å²) in [5, 5.41) is 4.14. The molecule has 3 heterocycles. The fourth-order valence-electron chi connectivity index (χ4n) is 8.73. The Labute approximate surface area is 339 Å². The molecule has 0 aliphatic carbocycles. The zero-order chi connectivity index (χ0) is 43.5. The maximum Gasteiger partial charge on any atom is 0.0645 e. The molecule has 9 aromatic carbocycles. The van der Waals surface area contributed by atoms with Crippen LogP contribution in [0.4, 0.5) is 0 Å². The molecule has 0 atom stereocenters. The van der Waals surface area contributed by atoms with Crippen molar-refractivity contribution in [3.8, 4) is 39.3 Å². The maximum absolute atomic E-state index is 9.94. The van der Waals surface area contributed by atoms with Gasteiger partial charge in [0.2, 0.25) is 0 Å². The van der Waals surface area contributed by atoms with E-state index in [-0.39, 0.29) is 57.6 Å². The number of benzene rings is 9. The molecule has 3 heteroatoms. The smallest absolute Gasteiger partial charge is 0.0645 e. The highest BCUT2D eigenvalue weighted by molar-refractivity contribution is 6.14. The summed E-state index contributed by atoms with van der Waals surface area (Å²) < 4.78 is 71.5. The molecule has 0 saturated heterocycles. The van der Waals surface area contributed by atoms with Crippen molar-refractivity contribution in [3.05, 3.63) is 212 Å². The van der Waals surface area contributed by atoms with E-state index in [0.29, 0.717) is 11.3 Å². The lowest BCUT2D eigenvalue weighted by Gasteiger charge is -2.11. The van der Waals surface area contributed by atoms with Crippen LogP contribution in [-0.2, 0) is 0 Å². The third kappa shape index (κ3) is 4.86. The van der Waals surface area contributed by atoms with Gasteiger partial charge in [-0.3, -0.25) is 0 Å². The van der Waals surface area contributed by atoms with Crippen LogP contribution in [-0.4, -0.2) is 13.7 Å². The zero-order valence-electron chi connectivity index (χ0n) is 37.5. The standard InChI is InChI=1S/C54H35N3/c1-3-14-36(15-4-1)37-16-13-19-41(32-37)56-50-24-11-7-20-43(50)46-33-38(26-29-52(46)56)39-27-30-53-47(34-39)44-21-8-12-25-51(44)57(53)42-28-31-54-48(35-42)45-22-9-10-23-49(45)55(54)40-17-5-2-6-18-40/h1-35H/i8D,12D,21D,25D,27D,30D,34D. The Balaban J connectivity index is 1.11. The monoisotopic (exact) mass is 732 g/mol. The average molecular weight is 733 g/mol. The highest BCUT2D eigenvalue weighted by Crippen LogP contribution is 2.40. The summed E-state index contributed by atoms with van der Waals surface area (Å²) >= 11 is 0. The van der Waals surface area contributed by atoms with E-state index >= 15 is 0 Å². The van der Waals surface area contributed by atoms with Gasteiger partial charge >= 0.3 is 0 Å². The molecule has 0 amide bonds. The average Bonchev–Trinajstić information content (AvgIpc) is 3.99.